The first kappa shape index (κ1) is 19.9. The van der Waals surface area contributed by atoms with E-state index in [9.17, 15) is 5.11 Å². The molecule has 0 saturated heterocycles. The number of aliphatic hydroxyl groups excluding tert-OH is 1. The van der Waals surface area contributed by atoms with Crippen molar-refractivity contribution in [3.05, 3.63) is 54.2 Å². The first-order valence-electron chi connectivity index (χ1n) is 9.00. The van der Waals surface area contributed by atoms with Crippen molar-refractivity contribution in [1.82, 2.24) is 15.6 Å². The van der Waals surface area contributed by atoms with Crippen molar-refractivity contribution >= 4 is 5.96 Å². The quantitative estimate of drug-likeness (QED) is 0.322. The number of furan rings is 1. The van der Waals surface area contributed by atoms with E-state index in [1.165, 1.54) is 0 Å². The fourth-order valence-electron chi connectivity index (χ4n) is 2.33. The summed E-state index contributed by atoms with van der Waals surface area (Å²) in [6.45, 7) is 5.12. The van der Waals surface area contributed by atoms with Crippen LogP contribution in [0, 0.1) is 0 Å². The molecule has 2 aromatic rings. The number of hydrogen-bond acceptors (Lipinski definition) is 5. The Bertz CT molecular complexity index is 617. The third-order valence-electron chi connectivity index (χ3n) is 3.72. The van der Waals surface area contributed by atoms with Gasteiger partial charge in [0.25, 0.3) is 0 Å². The van der Waals surface area contributed by atoms with E-state index in [-0.39, 0.29) is 6.54 Å². The van der Waals surface area contributed by atoms with Crippen LogP contribution in [0.4, 0.5) is 0 Å². The lowest BCUT2D eigenvalue weighted by Gasteiger charge is -2.14. The second-order valence-electron chi connectivity index (χ2n) is 5.72. The van der Waals surface area contributed by atoms with E-state index in [0.29, 0.717) is 19.1 Å². The summed E-state index contributed by atoms with van der Waals surface area (Å²) >= 11 is 0. The fourth-order valence-corrected chi connectivity index (χ4v) is 2.33. The number of guanidine groups is 1. The molecule has 2 heterocycles. The van der Waals surface area contributed by atoms with E-state index in [0.717, 1.165) is 37.3 Å². The van der Waals surface area contributed by atoms with E-state index < -0.39 is 6.10 Å². The molecule has 142 valence electrons. The molecule has 0 aliphatic heterocycles. The third kappa shape index (κ3) is 7.67. The van der Waals surface area contributed by atoms with Gasteiger partial charge in [0.05, 0.1) is 18.9 Å². The summed E-state index contributed by atoms with van der Waals surface area (Å²) in [7, 11) is 0. The lowest BCUT2D eigenvalue weighted by Crippen LogP contribution is -2.39. The van der Waals surface area contributed by atoms with Crippen LogP contribution in [0.3, 0.4) is 0 Å². The SMILES string of the molecule is CCOCCCNC(=NCC(O)c1ccncc1)NCCc1ccco1. The highest BCUT2D eigenvalue weighted by Crippen LogP contribution is 2.10. The lowest BCUT2D eigenvalue weighted by atomic mass is 10.1. The lowest BCUT2D eigenvalue weighted by molar-refractivity contribution is 0.145. The number of aromatic nitrogens is 1. The van der Waals surface area contributed by atoms with Gasteiger partial charge >= 0.3 is 0 Å². The Morgan fingerprint density at radius 2 is 2.08 bits per heavy atom. The van der Waals surface area contributed by atoms with Crippen LogP contribution >= 0.6 is 0 Å². The smallest absolute Gasteiger partial charge is 0.191 e. The van der Waals surface area contributed by atoms with Crippen LogP contribution in [0.25, 0.3) is 0 Å². The molecular weight excluding hydrogens is 332 g/mol. The van der Waals surface area contributed by atoms with Crippen LogP contribution in [0.5, 0.6) is 0 Å². The van der Waals surface area contributed by atoms with E-state index in [1.807, 2.05) is 19.1 Å². The van der Waals surface area contributed by atoms with Crippen molar-refractivity contribution in [1.29, 1.82) is 0 Å². The topological polar surface area (TPSA) is 91.9 Å². The Hall–Kier alpha value is -2.38. The number of nitrogens with zero attached hydrogens (tertiary/aromatic N) is 2. The predicted octanol–water partition coefficient (Wildman–Crippen LogP) is 1.91. The number of aliphatic imine (C=N–C) groups is 1. The van der Waals surface area contributed by atoms with Crippen LogP contribution < -0.4 is 10.6 Å². The van der Waals surface area contributed by atoms with Crippen LogP contribution in [-0.2, 0) is 11.2 Å². The third-order valence-corrected chi connectivity index (χ3v) is 3.72. The molecule has 0 spiro atoms. The fraction of sp³-hybridized carbons (Fsp3) is 0.474. The molecule has 7 nitrogen and oxygen atoms in total. The van der Waals surface area contributed by atoms with Gasteiger partial charge in [-0.05, 0) is 43.2 Å². The number of ether oxygens (including phenoxy) is 1. The van der Waals surface area contributed by atoms with Gasteiger partial charge < -0.3 is 24.9 Å². The van der Waals surface area contributed by atoms with Gasteiger partial charge in [0.2, 0.25) is 0 Å². The largest absolute Gasteiger partial charge is 0.469 e. The van der Waals surface area contributed by atoms with Crippen LogP contribution in [0.2, 0.25) is 0 Å². The van der Waals surface area contributed by atoms with Crippen molar-refractivity contribution in [2.45, 2.75) is 25.9 Å². The molecule has 0 fully saturated rings. The normalized spacial score (nSPS) is 12.8. The molecule has 2 aromatic heterocycles. The number of rotatable bonds is 11. The average Bonchev–Trinajstić information content (AvgIpc) is 3.19. The summed E-state index contributed by atoms with van der Waals surface area (Å²) in [5.41, 5.74) is 0.801. The van der Waals surface area contributed by atoms with Gasteiger partial charge in [0, 0.05) is 45.1 Å². The Balaban J connectivity index is 1.83. The molecule has 1 atom stereocenters. The summed E-state index contributed by atoms with van der Waals surface area (Å²) in [6, 6.07) is 7.40. The van der Waals surface area contributed by atoms with Gasteiger partial charge in [-0.1, -0.05) is 0 Å². The summed E-state index contributed by atoms with van der Waals surface area (Å²) in [5, 5.41) is 16.8. The van der Waals surface area contributed by atoms with E-state index in [4.69, 9.17) is 9.15 Å². The van der Waals surface area contributed by atoms with Crippen LogP contribution in [-0.4, -0.2) is 48.9 Å². The van der Waals surface area contributed by atoms with Gasteiger partial charge in [0.1, 0.15) is 5.76 Å². The maximum absolute atomic E-state index is 10.3. The van der Waals surface area contributed by atoms with E-state index >= 15 is 0 Å². The van der Waals surface area contributed by atoms with Crippen molar-refractivity contribution in [2.75, 3.05) is 32.8 Å². The van der Waals surface area contributed by atoms with Crippen molar-refractivity contribution in [3.8, 4) is 0 Å². The van der Waals surface area contributed by atoms with Crippen LogP contribution in [0.1, 0.15) is 30.8 Å². The molecule has 0 amide bonds. The van der Waals surface area contributed by atoms with Gasteiger partial charge in [-0.3, -0.25) is 9.98 Å². The highest BCUT2D eigenvalue weighted by Gasteiger charge is 2.07. The molecule has 0 bridgehead atoms. The Kier molecular flexibility index (Phi) is 9.24. The molecule has 3 N–H and O–H groups in total. The minimum Gasteiger partial charge on any atom is -0.469 e. The van der Waals surface area contributed by atoms with E-state index in [1.54, 1.807) is 30.8 Å². The van der Waals surface area contributed by atoms with Crippen LogP contribution in [0.15, 0.2) is 52.3 Å². The number of aliphatic hydroxyl groups is 1. The zero-order valence-electron chi connectivity index (χ0n) is 15.2. The monoisotopic (exact) mass is 360 g/mol. The first-order valence-corrected chi connectivity index (χ1v) is 9.00. The second-order valence-corrected chi connectivity index (χ2v) is 5.72. The maximum Gasteiger partial charge on any atom is 0.191 e. The Morgan fingerprint density at radius 3 is 2.81 bits per heavy atom. The second kappa shape index (κ2) is 12.1. The molecule has 0 aromatic carbocycles. The molecule has 26 heavy (non-hydrogen) atoms. The number of hydrogen-bond donors (Lipinski definition) is 3. The Morgan fingerprint density at radius 1 is 1.27 bits per heavy atom. The zero-order chi connectivity index (χ0) is 18.5. The van der Waals surface area contributed by atoms with Gasteiger partial charge in [-0.15, -0.1) is 0 Å². The first-order chi connectivity index (χ1) is 12.8. The predicted molar refractivity (Wildman–Crippen MR) is 101 cm³/mol. The highest BCUT2D eigenvalue weighted by molar-refractivity contribution is 5.79. The summed E-state index contributed by atoms with van der Waals surface area (Å²) in [4.78, 5) is 8.45. The zero-order valence-corrected chi connectivity index (χ0v) is 15.2. The van der Waals surface area contributed by atoms with Gasteiger partial charge in [0.15, 0.2) is 5.96 Å². The Labute approximate surface area is 154 Å². The minimum atomic E-state index is -0.662. The minimum absolute atomic E-state index is 0.269. The molecule has 0 aliphatic carbocycles. The molecule has 0 radical (unpaired) electrons. The maximum atomic E-state index is 10.3. The molecule has 2 rings (SSSR count). The molecule has 1 unspecified atom stereocenters. The number of nitrogens with one attached hydrogen (secondary N) is 2. The standard InChI is InChI=1S/C19H28N4O3/c1-2-25-13-4-9-21-19(22-12-8-17-5-3-14-26-17)23-15-18(24)16-6-10-20-11-7-16/h3,5-7,10-11,14,18,24H,2,4,8-9,12-13,15H2,1H3,(H2,21,22,23). The average molecular weight is 360 g/mol. The van der Waals surface area contributed by atoms with Crippen molar-refractivity contribution in [3.63, 3.8) is 0 Å². The molecule has 0 saturated carbocycles. The van der Waals surface area contributed by atoms with Crippen molar-refractivity contribution in [2.24, 2.45) is 4.99 Å². The highest BCUT2D eigenvalue weighted by atomic mass is 16.5. The van der Waals surface area contributed by atoms with E-state index in [2.05, 4.69) is 20.6 Å². The van der Waals surface area contributed by atoms with Crippen molar-refractivity contribution < 1.29 is 14.3 Å². The van der Waals surface area contributed by atoms with Gasteiger partial charge in [-0.25, -0.2) is 0 Å². The summed E-state index contributed by atoms with van der Waals surface area (Å²) in [6.07, 6.45) is 5.98. The summed E-state index contributed by atoms with van der Waals surface area (Å²) in [5.74, 6) is 1.59. The molecule has 0 aliphatic rings. The summed E-state index contributed by atoms with van der Waals surface area (Å²) < 4.78 is 10.7. The van der Waals surface area contributed by atoms with Gasteiger partial charge in [-0.2, -0.15) is 0 Å². The molecule has 7 heteroatoms. The number of pyridine rings is 1. The molecular formula is C19H28N4O3.